The maximum Gasteiger partial charge on any atom is 0.305 e. The lowest BCUT2D eigenvalue weighted by molar-refractivity contribution is -0.138. The second-order valence-corrected chi connectivity index (χ2v) is 19.7. The summed E-state index contributed by atoms with van der Waals surface area (Å²) in [6.07, 6.45) is 8.95. The van der Waals surface area contributed by atoms with Gasteiger partial charge in [-0.1, -0.05) is 51.4 Å². The molecule has 4 aromatic heterocycles. The van der Waals surface area contributed by atoms with E-state index in [0.29, 0.717) is 36.6 Å². The zero-order valence-electron chi connectivity index (χ0n) is 42.0. The third-order valence-electron chi connectivity index (χ3n) is 12.2. The van der Waals surface area contributed by atoms with Crippen LogP contribution in [0.2, 0.25) is 5.02 Å². The molecule has 1 saturated heterocycles. The van der Waals surface area contributed by atoms with Crippen molar-refractivity contribution >= 4 is 40.9 Å². The lowest BCUT2D eigenvalue weighted by atomic mass is 9.97. The normalized spacial score (nSPS) is 15.3. The summed E-state index contributed by atoms with van der Waals surface area (Å²) in [5.41, 5.74) is 6.81. The number of halogens is 1. The van der Waals surface area contributed by atoms with Crippen LogP contribution >= 0.6 is 11.6 Å². The number of carboxylic acids is 1. The van der Waals surface area contributed by atoms with Crippen molar-refractivity contribution in [3.8, 4) is 11.1 Å². The van der Waals surface area contributed by atoms with Crippen LogP contribution in [0, 0.1) is 39.5 Å². The molecule has 70 heavy (non-hydrogen) atoms. The van der Waals surface area contributed by atoms with Gasteiger partial charge in [0.05, 0.1) is 43.1 Å². The van der Waals surface area contributed by atoms with Gasteiger partial charge in [-0.25, -0.2) is 0 Å². The molecule has 1 aromatic carbocycles. The van der Waals surface area contributed by atoms with Gasteiger partial charge in [-0.3, -0.25) is 38.7 Å². The number of morpholine rings is 1. The molecule has 2 amide bonds. The SMILES string of the molecule is CC(=O)C[C@H](NC(=O)[C@@H](CC(C)C)n1ccc(C)cc1=O)c1cnc(C)c(N2CCOC[C@@H]2C)c1.Cc1ccn([C@H](CC(C)C)C(=O)N[C@@H](CC(=O)O)c2cncc(-c3c(C)cccc3Cl)c2)c(=O)c1. The zero-order valence-corrected chi connectivity index (χ0v) is 42.7. The number of aryl methyl sites for hydroxylation is 4. The molecular formula is C54H68ClN7O8. The van der Waals surface area contributed by atoms with Gasteiger partial charge in [0.25, 0.3) is 11.1 Å². The number of benzene rings is 1. The first kappa shape index (κ1) is 54.5. The average Bonchev–Trinajstić information content (AvgIpc) is 3.27. The molecule has 6 rings (SSSR count). The number of carbonyl (C=O) groups excluding carboxylic acids is 3. The fourth-order valence-electron chi connectivity index (χ4n) is 8.67. The molecular weight excluding hydrogens is 910 g/mol. The predicted octanol–water partition coefficient (Wildman–Crippen LogP) is 8.61. The Balaban J connectivity index is 0.000000261. The molecule has 1 fully saturated rings. The summed E-state index contributed by atoms with van der Waals surface area (Å²) in [5.74, 6) is -1.48. The Morgan fingerprint density at radius 3 is 1.84 bits per heavy atom. The summed E-state index contributed by atoms with van der Waals surface area (Å²) in [6.45, 7) is 21.2. The number of nitrogens with one attached hydrogen (secondary N) is 2. The van der Waals surface area contributed by atoms with E-state index in [4.69, 9.17) is 16.3 Å². The Kier molecular flexibility index (Phi) is 19.4. The standard InChI is InChI=1S/C27H30ClN3O4.C27H38N4O4/c1-16(2)10-23(31-9-8-17(3)11-24(31)32)27(35)30-22(13-25(33)34)19-12-20(15-29-14-19)26-18(4)6-5-7-21(26)28;1-17(2)11-25(31-8-7-18(3)12-26(31)33)27(34)29-23(13-20(5)32)22-14-24(21(6)28-15-22)30-9-10-35-16-19(30)4/h5-9,11-12,14-16,22-23H,10,13H2,1-4H3,(H,30,35)(H,33,34);7-8,12,14-15,17,19,23,25H,9-11,13,16H2,1-6H3,(H,29,34)/t22-,23+;19-,23-,25+/m00/s1. The molecule has 15 nitrogen and oxygen atoms in total. The number of hydrogen-bond acceptors (Lipinski definition) is 10. The van der Waals surface area contributed by atoms with E-state index in [-0.39, 0.29) is 53.5 Å². The van der Waals surface area contributed by atoms with Gasteiger partial charge in [0.2, 0.25) is 11.8 Å². The van der Waals surface area contributed by atoms with E-state index in [1.165, 1.54) is 28.2 Å². The van der Waals surface area contributed by atoms with Crippen molar-refractivity contribution in [2.75, 3.05) is 24.7 Å². The van der Waals surface area contributed by atoms with Crippen molar-refractivity contribution in [1.82, 2.24) is 29.7 Å². The van der Waals surface area contributed by atoms with Gasteiger partial charge < -0.3 is 34.5 Å². The predicted molar refractivity (Wildman–Crippen MR) is 273 cm³/mol. The zero-order chi connectivity index (χ0) is 51.4. The molecule has 0 unspecified atom stereocenters. The van der Waals surface area contributed by atoms with Crippen LogP contribution in [0.5, 0.6) is 0 Å². The number of carboxylic acid groups (broad SMARTS) is 1. The Hall–Kier alpha value is -6.45. The van der Waals surface area contributed by atoms with Crippen LogP contribution in [0.3, 0.4) is 0 Å². The minimum absolute atomic E-state index is 0.0370. The molecule has 3 N–H and O–H groups in total. The van der Waals surface area contributed by atoms with E-state index in [9.17, 15) is 33.9 Å². The number of hydrogen-bond donors (Lipinski definition) is 3. The summed E-state index contributed by atoms with van der Waals surface area (Å²) >= 11 is 6.42. The van der Waals surface area contributed by atoms with Gasteiger partial charge in [0.15, 0.2) is 0 Å². The Bertz CT molecular complexity index is 2750. The molecule has 1 aliphatic rings. The number of pyridine rings is 4. The number of carbonyl (C=O) groups is 4. The smallest absolute Gasteiger partial charge is 0.305 e. The minimum Gasteiger partial charge on any atom is -0.481 e. The van der Waals surface area contributed by atoms with Crippen molar-refractivity contribution in [3.05, 3.63) is 145 Å². The molecule has 16 heteroatoms. The molecule has 1 aliphatic heterocycles. The van der Waals surface area contributed by atoms with Crippen LogP contribution in [0.4, 0.5) is 5.69 Å². The highest BCUT2D eigenvalue weighted by molar-refractivity contribution is 6.33. The third-order valence-corrected chi connectivity index (χ3v) is 12.5. The number of nitrogens with zero attached hydrogens (tertiary/aromatic N) is 5. The van der Waals surface area contributed by atoms with E-state index in [0.717, 1.165) is 51.3 Å². The Morgan fingerprint density at radius 1 is 0.786 bits per heavy atom. The lowest BCUT2D eigenvalue weighted by Crippen LogP contribution is -2.44. The number of ketones is 1. The third kappa shape index (κ3) is 14.8. The molecule has 0 aliphatic carbocycles. The van der Waals surface area contributed by atoms with Crippen LogP contribution in [0.1, 0.15) is 125 Å². The molecule has 0 radical (unpaired) electrons. The van der Waals surface area contributed by atoms with Crippen LogP contribution in [-0.4, -0.2) is 73.6 Å². The van der Waals surface area contributed by atoms with Gasteiger partial charge in [-0.05, 0) is 124 Å². The van der Waals surface area contributed by atoms with E-state index in [1.54, 1.807) is 49.2 Å². The van der Waals surface area contributed by atoms with E-state index in [2.05, 4.69) is 32.4 Å². The topological polar surface area (TPSA) is 195 Å². The van der Waals surface area contributed by atoms with Crippen LogP contribution in [-0.2, 0) is 23.9 Å². The molecule has 5 heterocycles. The molecule has 5 atom stereocenters. The first-order valence-electron chi connectivity index (χ1n) is 23.8. The second kappa shape index (κ2) is 24.9. The maximum absolute atomic E-state index is 13.6. The summed E-state index contributed by atoms with van der Waals surface area (Å²) in [5, 5.41) is 16.0. The van der Waals surface area contributed by atoms with Gasteiger partial charge in [0.1, 0.15) is 17.9 Å². The fraction of sp³-hybridized carbons (Fsp3) is 0.444. The quantitative estimate of drug-likeness (QED) is 0.0761. The van der Waals surface area contributed by atoms with Gasteiger partial charge in [-0.15, -0.1) is 0 Å². The summed E-state index contributed by atoms with van der Waals surface area (Å²) in [6, 6.07) is 13.4. The summed E-state index contributed by atoms with van der Waals surface area (Å²) < 4.78 is 8.47. The van der Waals surface area contributed by atoms with Crippen molar-refractivity contribution in [1.29, 1.82) is 0 Å². The second-order valence-electron chi connectivity index (χ2n) is 19.2. The van der Waals surface area contributed by atoms with E-state index in [1.807, 2.05) is 79.7 Å². The number of ether oxygens (including phenoxy) is 1. The Labute approximate surface area is 415 Å². The number of amides is 2. The number of anilines is 1. The maximum atomic E-state index is 13.6. The van der Waals surface area contributed by atoms with Crippen molar-refractivity contribution < 1.29 is 29.0 Å². The van der Waals surface area contributed by atoms with Crippen LogP contribution < -0.4 is 26.7 Å². The first-order valence-corrected chi connectivity index (χ1v) is 24.2. The van der Waals surface area contributed by atoms with Gasteiger partial charge >= 0.3 is 5.97 Å². The Morgan fingerprint density at radius 2 is 1.34 bits per heavy atom. The molecule has 0 bridgehead atoms. The highest BCUT2D eigenvalue weighted by Crippen LogP contribution is 2.33. The number of Topliss-reactive ketones (excluding diaryl/α,β-unsaturated/α-hetero) is 1. The average molecular weight is 979 g/mol. The van der Waals surface area contributed by atoms with E-state index < -0.39 is 36.0 Å². The summed E-state index contributed by atoms with van der Waals surface area (Å²) in [7, 11) is 0. The van der Waals surface area contributed by atoms with Crippen molar-refractivity contribution in [2.24, 2.45) is 11.8 Å². The summed E-state index contributed by atoms with van der Waals surface area (Å²) in [4.78, 5) is 87.3. The number of aliphatic carboxylic acids is 1. The monoisotopic (exact) mass is 977 g/mol. The van der Waals surface area contributed by atoms with Gasteiger partial charge in [-0.2, -0.15) is 0 Å². The largest absolute Gasteiger partial charge is 0.481 e. The van der Waals surface area contributed by atoms with Crippen LogP contribution in [0.25, 0.3) is 11.1 Å². The fourth-order valence-corrected chi connectivity index (χ4v) is 9.00. The van der Waals surface area contributed by atoms with Crippen molar-refractivity contribution in [2.45, 2.75) is 125 Å². The highest BCUT2D eigenvalue weighted by Gasteiger charge is 2.30. The molecule has 5 aromatic rings. The van der Waals surface area contributed by atoms with E-state index >= 15 is 0 Å². The first-order chi connectivity index (χ1) is 33.1. The molecule has 374 valence electrons. The number of aromatic nitrogens is 4. The molecule has 0 spiro atoms. The number of rotatable bonds is 18. The van der Waals surface area contributed by atoms with Crippen LogP contribution in [0.15, 0.2) is 95.2 Å². The molecule has 0 saturated carbocycles. The van der Waals surface area contributed by atoms with Crippen molar-refractivity contribution in [3.63, 3.8) is 0 Å². The highest BCUT2D eigenvalue weighted by atomic mass is 35.5. The minimum atomic E-state index is -1.07. The van der Waals surface area contributed by atoms with Gasteiger partial charge in [0, 0.05) is 78.3 Å². The lowest BCUT2D eigenvalue weighted by Gasteiger charge is -2.36.